The minimum atomic E-state index is -3.48. The van der Waals surface area contributed by atoms with Gasteiger partial charge < -0.3 is 10.6 Å². The van der Waals surface area contributed by atoms with Crippen LogP contribution >= 0.6 is 11.3 Å². The monoisotopic (exact) mass is 307 g/mol. The van der Waals surface area contributed by atoms with Crippen LogP contribution in [-0.4, -0.2) is 43.4 Å². The van der Waals surface area contributed by atoms with Crippen LogP contribution in [0.15, 0.2) is 0 Å². The molecule has 1 aromatic heterocycles. The van der Waals surface area contributed by atoms with Gasteiger partial charge in [-0.15, -0.1) is 10.2 Å². The molecule has 0 saturated carbocycles. The smallest absolute Gasteiger partial charge is 0.282 e. The average Bonchev–Trinajstić information content (AvgIpc) is 2.79. The summed E-state index contributed by atoms with van der Waals surface area (Å²) in [6.07, 6.45) is 1.22. The van der Waals surface area contributed by atoms with E-state index in [1.165, 1.54) is 0 Å². The second-order valence-electron chi connectivity index (χ2n) is 3.82. The summed E-state index contributed by atoms with van der Waals surface area (Å²) in [7, 11) is -3.48. The van der Waals surface area contributed by atoms with Gasteiger partial charge in [-0.2, -0.15) is 0 Å². The zero-order chi connectivity index (χ0) is 14.3. The van der Waals surface area contributed by atoms with Crippen LogP contribution in [0.2, 0.25) is 0 Å². The van der Waals surface area contributed by atoms with Gasteiger partial charge in [-0.1, -0.05) is 18.3 Å². The summed E-state index contributed by atoms with van der Waals surface area (Å²) in [6, 6.07) is 0. The van der Waals surface area contributed by atoms with E-state index in [1.807, 2.05) is 6.92 Å². The molecule has 0 radical (unpaired) electrons. The van der Waals surface area contributed by atoms with E-state index in [4.69, 9.17) is 5.14 Å². The number of carbonyl (C=O) groups is 1. The highest BCUT2D eigenvalue weighted by molar-refractivity contribution is 7.89. The van der Waals surface area contributed by atoms with Gasteiger partial charge >= 0.3 is 0 Å². The lowest BCUT2D eigenvalue weighted by atomic mass is 10.4. The number of nitrogens with zero attached hydrogens (tertiary/aromatic N) is 2. The molecule has 0 fully saturated rings. The highest BCUT2D eigenvalue weighted by atomic mass is 32.2. The van der Waals surface area contributed by atoms with Crippen molar-refractivity contribution in [1.29, 1.82) is 0 Å². The van der Waals surface area contributed by atoms with Crippen LogP contribution in [0.4, 0.5) is 5.13 Å². The first-order chi connectivity index (χ1) is 8.92. The molecule has 8 nitrogen and oxygen atoms in total. The molecule has 0 aromatic carbocycles. The molecule has 19 heavy (non-hydrogen) atoms. The Bertz CT molecular complexity index is 514. The van der Waals surface area contributed by atoms with Crippen LogP contribution in [0, 0.1) is 0 Å². The van der Waals surface area contributed by atoms with E-state index >= 15 is 0 Å². The molecule has 1 rings (SSSR count). The predicted molar refractivity (Wildman–Crippen MR) is 73.6 cm³/mol. The van der Waals surface area contributed by atoms with Crippen LogP contribution in [0.5, 0.6) is 0 Å². The van der Waals surface area contributed by atoms with Gasteiger partial charge in [0.25, 0.3) is 5.91 Å². The molecule has 0 aliphatic rings. The van der Waals surface area contributed by atoms with E-state index < -0.39 is 10.0 Å². The third kappa shape index (κ3) is 6.45. The van der Waals surface area contributed by atoms with E-state index in [9.17, 15) is 13.2 Å². The van der Waals surface area contributed by atoms with Gasteiger partial charge in [0.2, 0.25) is 20.2 Å². The van der Waals surface area contributed by atoms with Crippen LogP contribution in [0.3, 0.4) is 0 Å². The molecule has 0 aliphatic heterocycles. The molecular weight excluding hydrogens is 290 g/mol. The first kappa shape index (κ1) is 15.8. The average molecular weight is 307 g/mol. The summed E-state index contributed by atoms with van der Waals surface area (Å²) in [4.78, 5) is 11.6. The molecule has 108 valence electrons. The van der Waals surface area contributed by atoms with Crippen molar-refractivity contribution in [3.63, 3.8) is 0 Å². The summed E-state index contributed by atoms with van der Waals surface area (Å²) in [5.41, 5.74) is 0. The van der Waals surface area contributed by atoms with Crippen molar-refractivity contribution >= 4 is 32.4 Å². The molecule has 0 unspecified atom stereocenters. The summed E-state index contributed by atoms with van der Waals surface area (Å²) in [5, 5.41) is 18.8. The van der Waals surface area contributed by atoms with Crippen LogP contribution in [-0.2, 0) is 10.0 Å². The Labute approximate surface area is 115 Å². The molecule has 0 saturated heterocycles. The summed E-state index contributed by atoms with van der Waals surface area (Å²) in [5.74, 6) is -0.524. The van der Waals surface area contributed by atoms with Crippen LogP contribution in [0.1, 0.15) is 29.6 Å². The Morgan fingerprint density at radius 3 is 2.74 bits per heavy atom. The fourth-order valence-corrected chi connectivity index (χ4v) is 2.40. The molecule has 1 heterocycles. The number of nitrogens with one attached hydrogen (secondary N) is 2. The number of hydrogen-bond acceptors (Lipinski definition) is 7. The minimum Gasteiger partial charge on any atom is -0.360 e. The van der Waals surface area contributed by atoms with Crippen molar-refractivity contribution in [2.75, 3.05) is 24.2 Å². The first-order valence-electron chi connectivity index (χ1n) is 5.78. The zero-order valence-electron chi connectivity index (χ0n) is 10.5. The largest absolute Gasteiger partial charge is 0.360 e. The van der Waals surface area contributed by atoms with Crippen molar-refractivity contribution in [1.82, 2.24) is 15.5 Å². The van der Waals surface area contributed by atoms with Crippen LogP contribution in [0.25, 0.3) is 0 Å². The molecule has 0 spiro atoms. The molecule has 1 amide bonds. The Kier molecular flexibility index (Phi) is 6.12. The van der Waals surface area contributed by atoms with Gasteiger partial charge in [-0.3, -0.25) is 4.79 Å². The predicted octanol–water partition coefficient (Wildman–Crippen LogP) is -0.232. The highest BCUT2D eigenvalue weighted by Crippen LogP contribution is 2.14. The van der Waals surface area contributed by atoms with E-state index in [1.54, 1.807) is 0 Å². The molecule has 0 aliphatic carbocycles. The Morgan fingerprint density at radius 1 is 1.37 bits per heavy atom. The lowest BCUT2D eigenvalue weighted by Gasteiger charge is -2.01. The quantitative estimate of drug-likeness (QED) is 0.569. The van der Waals surface area contributed by atoms with Crippen molar-refractivity contribution in [2.45, 2.75) is 19.8 Å². The number of sulfonamides is 1. The molecular formula is C9H17N5O3S2. The van der Waals surface area contributed by atoms with Gasteiger partial charge in [0.05, 0.1) is 5.75 Å². The van der Waals surface area contributed by atoms with Crippen molar-refractivity contribution in [3.05, 3.63) is 5.01 Å². The Balaban J connectivity index is 2.35. The fourth-order valence-electron chi connectivity index (χ4n) is 1.17. The Hall–Kier alpha value is -1.26. The topological polar surface area (TPSA) is 127 Å². The van der Waals surface area contributed by atoms with E-state index in [-0.39, 0.29) is 29.6 Å². The number of hydrogen-bond donors (Lipinski definition) is 3. The molecule has 10 heteroatoms. The lowest BCUT2D eigenvalue weighted by molar-refractivity contribution is 0.0952. The van der Waals surface area contributed by atoms with Gasteiger partial charge in [0, 0.05) is 13.1 Å². The van der Waals surface area contributed by atoms with E-state index in [2.05, 4.69) is 20.8 Å². The zero-order valence-corrected chi connectivity index (χ0v) is 12.2. The Morgan fingerprint density at radius 2 is 2.11 bits per heavy atom. The van der Waals surface area contributed by atoms with Gasteiger partial charge in [0.1, 0.15) is 0 Å². The van der Waals surface area contributed by atoms with Crippen molar-refractivity contribution in [3.8, 4) is 0 Å². The summed E-state index contributed by atoms with van der Waals surface area (Å²) >= 11 is 1.16. The van der Waals surface area contributed by atoms with Gasteiger partial charge in [0.15, 0.2) is 0 Å². The molecule has 1 aromatic rings. The maximum absolute atomic E-state index is 11.6. The normalized spacial score (nSPS) is 11.3. The number of nitrogens with two attached hydrogens (primary N) is 1. The molecule has 4 N–H and O–H groups in total. The molecule has 0 atom stereocenters. The first-order valence-corrected chi connectivity index (χ1v) is 8.31. The lowest BCUT2D eigenvalue weighted by Crippen LogP contribution is -2.27. The van der Waals surface area contributed by atoms with Crippen molar-refractivity contribution in [2.24, 2.45) is 5.14 Å². The van der Waals surface area contributed by atoms with Gasteiger partial charge in [-0.05, 0) is 12.8 Å². The number of primary sulfonamides is 1. The highest BCUT2D eigenvalue weighted by Gasteiger charge is 2.12. The minimum absolute atomic E-state index is 0.160. The standard InChI is InChI=1S/C9H17N5O3S2/c1-2-4-12-9-14-13-8(18-9)7(15)11-5-3-6-19(10,16)17/h2-6H2,1H3,(H,11,15)(H,12,14)(H2,10,16,17). The number of anilines is 1. The van der Waals surface area contributed by atoms with E-state index in [0.29, 0.717) is 5.13 Å². The third-order valence-corrected chi connectivity index (χ3v) is 3.77. The third-order valence-electron chi connectivity index (χ3n) is 2.04. The van der Waals surface area contributed by atoms with Crippen molar-refractivity contribution < 1.29 is 13.2 Å². The SMILES string of the molecule is CCCNc1nnc(C(=O)NCCCS(N)(=O)=O)s1. The number of rotatable bonds is 8. The number of aromatic nitrogens is 2. The van der Waals surface area contributed by atoms with E-state index in [0.717, 1.165) is 24.3 Å². The fraction of sp³-hybridized carbons (Fsp3) is 0.667. The van der Waals surface area contributed by atoms with Gasteiger partial charge in [-0.25, -0.2) is 13.6 Å². The summed E-state index contributed by atoms with van der Waals surface area (Å²) in [6.45, 7) is 3.02. The van der Waals surface area contributed by atoms with Crippen LogP contribution < -0.4 is 15.8 Å². The maximum atomic E-state index is 11.6. The molecule has 0 bridgehead atoms. The summed E-state index contributed by atoms with van der Waals surface area (Å²) < 4.78 is 21.4. The number of amides is 1. The maximum Gasteiger partial charge on any atom is 0.282 e. The second-order valence-corrected chi connectivity index (χ2v) is 6.53. The second kappa shape index (κ2) is 7.36. The number of carbonyl (C=O) groups excluding carboxylic acids is 1.